The Labute approximate surface area is 138 Å². The van der Waals surface area contributed by atoms with Crippen molar-refractivity contribution in [2.24, 2.45) is 17.3 Å². The summed E-state index contributed by atoms with van der Waals surface area (Å²) in [6.45, 7) is 2.78. The summed E-state index contributed by atoms with van der Waals surface area (Å²) in [6.07, 6.45) is 6.59. The van der Waals surface area contributed by atoms with E-state index in [-0.39, 0.29) is 11.5 Å². The van der Waals surface area contributed by atoms with Gasteiger partial charge in [0, 0.05) is 12.7 Å². The predicted molar refractivity (Wildman–Crippen MR) is 89.4 cm³/mol. The van der Waals surface area contributed by atoms with Gasteiger partial charge in [-0.15, -0.1) is 0 Å². The van der Waals surface area contributed by atoms with Crippen LogP contribution in [-0.4, -0.2) is 23.4 Å². The summed E-state index contributed by atoms with van der Waals surface area (Å²) in [4.78, 5) is 0. The van der Waals surface area contributed by atoms with Crippen LogP contribution in [0.3, 0.4) is 0 Å². The number of ether oxygens (including phenoxy) is 1. The molecule has 0 aromatic heterocycles. The van der Waals surface area contributed by atoms with Gasteiger partial charge in [0.15, 0.2) is 0 Å². The van der Waals surface area contributed by atoms with Gasteiger partial charge in [-0.1, -0.05) is 6.92 Å². The van der Waals surface area contributed by atoms with Gasteiger partial charge >= 0.3 is 0 Å². The van der Waals surface area contributed by atoms with Crippen LogP contribution < -0.4 is 0 Å². The largest absolute Gasteiger partial charge is 0.508 e. The highest BCUT2D eigenvalue weighted by Gasteiger charge is 2.54. The third kappa shape index (κ3) is 2.24. The van der Waals surface area contributed by atoms with Gasteiger partial charge in [0.05, 0.1) is 12.7 Å². The van der Waals surface area contributed by atoms with E-state index in [4.69, 9.17) is 4.74 Å². The summed E-state index contributed by atoms with van der Waals surface area (Å²) in [6, 6.07) is 4.16. The molecule has 0 bridgehead atoms. The average Bonchev–Trinajstić information content (AvgIpc) is 2.84. The number of phenolic OH excluding ortho intramolecular Hbond substituents is 1. The van der Waals surface area contributed by atoms with Crippen LogP contribution in [0.4, 0.5) is 0 Å². The van der Waals surface area contributed by atoms with Gasteiger partial charge in [-0.25, -0.2) is 0 Å². The number of aliphatic hydroxyl groups excluding tert-OH is 1. The van der Waals surface area contributed by atoms with E-state index in [0.29, 0.717) is 30.1 Å². The number of phenols is 1. The molecule has 3 nitrogen and oxygen atoms in total. The summed E-state index contributed by atoms with van der Waals surface area (Å²) in [5, 5.41) is 20.7. The van der Waals surface area contributed by atoms with E-state index in [1.54, 1.807) is 7.11 Å². The molecule has 3 aliphatic rings. The molecule has 2 saturated carbocycles. The molecule has 0 saturated heterocycles. The van der Waals surface area contributed by atoms with Crippen LogP contribution in [0.15, 0.2) is 12.1 Å². The number of benzene rings is 1. The zero-order chi connectivity index (χ0) is 16.2. The molecule has 126 valence electrons. The zero-order valence-corrected chi connectivity index (χ0v) is 14.2. The first-order chi connectivity index (χ1) is 11.0. The Morgan fingerprint density at radius 1 is 1.22 bits per heavy atom. The Bertz CT molecular complexity index is 611. The van der Waals surface area contributed by atoms with Gasteiger partial charge in [0.2, 0.25) is 0 Å². The molecule has 1 aromatic carbocycles. The number of aromatic hydroxyl groups is 1. The molecular formula is C20H28O3. The highest BCUT2D eigenvalue weighted by atomic mass is 16.5. The fraction of sp³-hybridized carbons (Fsp3) is 0.700. The van der Waals surface area contributed by atoms with Crippen molar-refractivity contribution in [3.63, 3.8) is 0 Å². The topological polar surface area (TPSA) is 49.7 Å². The summed E-state index contributed by atoms with van der Waals surface area (Å²) in [5.74, 6) is 2.32. The molecule has 4 rings (SSSR count). The monoisotopic (exact) mass is 316 g/mol. The fourth-order valence-corrected chi connectivity index (χ4v) is 5.90. The van der Waals surface area contributed by atoms with Crippen molar-refractivity contribution in [3.8, 4) is 5.75 Å². The quantitative estimate of drug-likeness (QED) is 0.873. The Kier molecular flexibility index (Phi) is 3.69. The number of aliphatic hydroxyl groups is 1. The molecule has 2 N–H and O–H groups in total. The summed E-state index contributed by atoms with van der Waals surface area (Å²) in [5.41, 5.74) is 3.80. The Hall–Kier alpha value is -1.06. The van der Waals surface area contributed by atoms with E-state index in [1.165, 1.54) is 30.4 Å². The van der Waals surface area contributed by atoms with Crippen LogP contribution in [0.25, 0.3) is 0 Å². The number of hydrogen-bond acceptors (Lipinski definition) is 3. The van der Waals surface area contributed by atoms with Crippen molar-refractivity contribution in [2.45, 2.75) is 64.1 Å². The van der Waals surface area contributed by atoms with Crippen molar-refractivity contribution >= 4 is 0 Å². The van der Waals surface area contributed by atoms with Crippen molar-refractivity contribution in [2.75, 3.05) is 7.11 Å². The minimum atomic E-state index is -0.112. The summed E-state index contributed by atoms with van der Waals surface area (Å²) in [7, 11) is 1.67. The second-order valence-corrected chi connectivity index (χ2v) is 8.17. The molecular weight excluding hydrogens is 288 g/mol. The molecule has 3 heteroatoms. The molecule has 5 atom stereocenters. The zero-order valence-electron chi connectivity index (χ0n) is 14.2. The minimum absolute atomic E-state index is 0.112. The number of aryl methyl sites for hydroxylation is 1. The van der Waals surface area contributed by atoms with Crippen LogP contribution in [0.1, 0.15) is 61.6 Å². The maximum Gasteiger partial charge on any atom is 0.121 e. The standard InChI is InChI=1S/C20H28O3/c1-20-8-7-14-15(17(20)5-6-19(20)22)4-3-12-10-18(21)13(11-23-2)9-16(12)14/h9-10,14-15,17,19,21-22H,3-8,11H2,1-2H3/t14-,15+,17-,19+,20-/m0/s1. The van der Waals surface area contributed by atoms with Crippen molar-refractivity contribution < 1.29 is 14.9 Å². The Morgan fingerprint density at radius 3 is 2.83 bits per heavy atom. The first-order valence-electron chi connectivity index (χ1n) is 9.06. The third-order valence-corrected chi connectivity index (χ3v) is 7.17. The van der Waals surface area contributed by atoms with E-state index in [0.717, 1.165) is 24.8 Å². The predicted octanol–water partition coefficient (Wildman–Crippen LogP) is 3.76. The van der Waals surface area contributed by atoms with Crippen LogP contribution in [-0.2, 0) is 17.8 Å². The lowest BCUT2D eigenvalue weighted by Gasteiger charge is -2.50. The van der Waals surface area contributed by atoms with Crippen molar-refractivity contribution in [3.05, 3.63) is 28.8 Å². The third-order valence-electron chi connectivity index (χ3n) is 7.17. The number of methoxy groups -OCH3 is 1. The molecule has 0 unspecified atom stereocenters. The lowest BCUT2D eigenvalue weighted by molar-refractivity contribution is -0.0226. The first-order valence-corrected chi connectivity index (χ1v) is 9.06. The van der Waals surface area contributed by atoms with Crippen LogP contribution in [0, 0.1) is 17.3 Å². The van der Waals surface area contributed by atoms with E-state index in [1.807, 2.05) is 6.07 Å². The molecule has 0 heterocycles. The summed E-state index contributed by atoms with van der Waals surface area (Å²) >= 11 is 0. The minimum Gasteiger partial charge on any atom is -0.508 e. The highest BCUT2D eigenvalue weighted by molar-refractivity contribution is 5.45. The fourth-order valence-electron chi connectivity index (χ4n) is 5.90. The van der Waals surface area contributed by atoms with E-state index in [2.05, 4.69) is 13.0 Å². The van der Waals surface area contributed by atoms with E-state index >= 15 is 0 Å². The van der Waals surface area contributed by atoms with Gasteiger partial charge in [-0.2, -0.15) is 0 Å². The van der Waals surface area contributed by atoms with Crippen molar-refractivity contribution in [1.29, 1.82) is 0 Å². The number of fused-ring (bicyclic) bond motifs is 5. The lowest BCUT2D eigenvalue weighted by Crippen LogP contribution is -2.43. The average molecular weight is 316 g/mol. The first kappa shape index (κ1) is 15.5. The van der Waals surface area contributed by atoms with Gasteiger partial charge < -0.3 is 14.9 Å². The van der Waals surface area contributed by atoms with E-state index in [9.17, 15) is 10.2 Å². The Balaban J connectivity index is 1.70. The number of rotatable bonds is 2. The maximum absolute atomic E-state index is 10.5. The molecule has 0 aliphatic heterocycles. The molecule has 2 fully saturated rings. The SMILES string of the molecule is COCc1cc2c(cc1O)CC[C@@H]1[C@@H]2CC[C@]2(C)[C@H](O)CC[C@@H]12. The highest BCUT2D eigenvalue weighted by Crippen LogP contribution is 2.61. The normalized spacial score (nSPS) is 38.7. The lowest BCUT2D eigenvalue weighted by atomic mass is 9.55. The molecule has 23 heavy (non-hydrogen) atoms. The van der Waals surface area contributed by atoms with Gasteiger partial charge in [0.25, 0.3) is 0 Å². The molecule has 1 aromatic rings. The molecule has 0 radical (unpaired) electrons. The van der Waals surface area contributed by atoms with Crippen LogP contribution in [0.5, 0.6) is 5.75 Å². The van der Waals surface area contributed by atoms with Crippen LogP contribution in [0.2, 0.25) is 0 Å². The van der Waals surface area contributed by atoms with Gasteiger partial charge in [-0.3, -0.25) is 0 Å². The summed E-state index contributed by atoms with van der Waals surface area (Å²) < 4.78 is 5.24. The molecule has 0 spiro atoms. The van der Waals surface area contributed by atoms with Crippen LogP contribution >= 0.6 is 0 Å². The number of hydrogen-bond donors (Lipinski definition) is 2. The molecule has 3 aliphatic carbocycles. The Morgan fingerprint density at radius 2 is 2.04 bits per heavy atom. The molecule has 0 amide bonds. The smallest absolute Gasteiger partial charge is 0.121 e. The second-order valence-electron chi connectivity index (χ2n) is 8.17. The van der Waals surface area contributed by atoms with Gasteiger partial charge in [-0.05, 0) is 85.0 Å². The van der Waals surface area contributed by atoms with E-state index < -0.39 is 0 Å². The maximum atomic E-state index is 10.5. The second kappa shape index (κ2) is 5.49. The van der Waals surface area contributed by atoms with Crippen molar-refractivity contribution in [1.82, 2.24) is 0 Å². The van der Waals surface area contributed by atoms with Gasteiger partial charge in [0.1, 0.15) is 5.75 Å².